The maximum atomic E-state index is 13.3. The van der Waals surface area contributed by atoms with Gasteiger partial charge in [-0.2, -0.15) is 13.2 Å². The first kappa shape index (κ1) is 21.5. The normalized spacial score (nSPS) is 20.7. The van der Waals surface area contributed by atoms with Gasteiger partial charge in [-0.3, -0.25) is 9.80 Å². The van der Waals surface area contributed by atoms with E-state index in [4.69, 9.17) is 4.74 Å². The first-order chi connectivity index (χ1) is 14.9. The molecule has 1 fully saturated rings. The second-order valence-corrected chi connectivity index (χ2v) is 8.07. The Hall–Kier alpha value is -2.74. The van der Waals surface area contributed by atoms with E-state index in [2.05, 4.69) is 9.89 Å². The number of hydrogen-bond acceptors (Lipinski definition) is 5. The highest BCUT2D eigenvalue weighted by Crippen LogP contribution is 2.31. The minimum absolute atomic E-state index is 0.0464. The molecule has 2 aliphatic heterocycles. The third-order valence-corrected chi connectivity index (χ3v) is 5.84. The van der Waals surface area contributed by atoms with Crippen molar-refractivity contribution < 1.29 is 23.0 Å². The maximum absolute atomic E-state index is 13.3. The number of ether oxygens (including phenoxy) is 1. The van der Waals surface area contributed by atoms with Gasteiger partial charge in [0.05, 0.1) is 13.2 Å². The van der Waals surface area contributed by atoms with Crippen LogP contribution in [0.3, 0.4) is 0 Å². The number of amidine groups is 1. The van der Waals surface area contributed by atoms with E-state index in [1.807, 2.05) is 18.2 Å². The van der Waals surface area contributed by atoms with Crippen LogP contribution in [0.15, 0.2) is 59.6 Å². The van der Waals surface area contributed by atoms with Crippen molar-refractivity contribution in [3.8, 4) is 5.75 Å². The molecule has 2 aromatic carbocycles. The van der Waals surface area contributed by atoms with Gasteiger partial charge >= 0.3 is 6.18 Å². The number of halogens is 3. The number of aromatic hydroxyl groups is 1. The summed E-state index contributed by atoms with van der Waals surface area (Å²) in [5, 5.41) is 9.95. The zero-order chi connectivity index (χ0) is 21.8. The summed E-state index contributed by atoms with van der Waals surface area (Å²) in [4.78, 5) is 7.62. The van der Waals surface area contributed by atoms with Crippen LogP contribution >= 0.6 is 0 Å². The highest BCUT2D eigenvalue weighted by Gasteiger charge is 2.46. The Morgan fingerprint density at radius 1 is 1.00 bits per heavy atom. The number of benzene rings is 2. The Morgan fingerprint density at radius 2 is 1.68 bits per heavy atom. The SMILES string of the molecule is Oc1ccccc1CN1CCC(COC2=NC(C(F)(F)F)CN2c2ccccc2)CC1. The van der Waals surface area contributed by atoms with Crippen LogP contribution in [0.5, 0.6) is 5.75 Å². The van der Waals surface area contributed by atoms with E-state index < -0.39 is 12.2 Å². The summed E-state index contributed by atoms with van der Waals surface area (Å²) >= 11 is 0. The third kappa shape index (κ3) is 5.31. The summed E-state index contributed by atoms with van der Waals surface area (Å²) in [6.45, 7) is 2.46. The lowest BCUT2D eigenvalue weighted by Gasteiger charge is -2.32. The molecule has 1 N–H and O–H groups in total. The number of nitrogens with zero attached hydrogens (tertiary/aromatic N) is 3. The van der Waals surface area contributed by atoms with Crippen LogP contribution in [0.4, 0.5) is 18.9 Å². The smallest absolute Gasteiger partial charge is 0.412 e. The molecule has 0 aliphatic carbocycles. The van der Waals surface area contributed by atoms with Crippen LogP contribution in [0.2, 0.25) is 0 Å². The van der Waals surface area contributed by atoms with Crippen molar-refractivity contribution in [2.45, 2.75) is 31.6 Å². The van der Waals surface area contributed by atoms with Gasteiger partial charge in [-0.15, -0.1) is 0 Å². The number of likely N-dealkylation sites (tertiary alicyclic amines) is 1. The second-order valence-electron chi connectivity index (χ2n) is 8.07. The number of para-hydroxylation sites is 2. The number of rotatable bonds is 5. The molecule has 1 saturated heterocycles. The van der Waals surface area contributed by atoms with Crippen molar-refractivity contribution in [3.05, 3.63) is 60.2 Å². The van der Waals surface area contributed by atoms with Crippen LogP contribution in [0.1, 0.15) is 18.4 Å². The molecule has 1 atom stereocenters. The lowest BCUT2D eigenvalue weighted by atomic mass is 9.97. The fourth-order valence-corrected chi connectivity index (χ4v) is 4.00. The molecule has 166 valence electrons. The number of aliphatic imine (C=N–C) groups is 1. The molecule has 5 nitrogen and oxygen atoms in total. The summed E-state index contributed by atoms with van der Waals surface area (Å²) in [5.41, 5.74) is 1.54. The van der Waals surface area contributed by atoms with E-state index in [-0.39, 0.29) is 18.5 Å². The molecule has 0 amide bonds. The maximum Gasteiger partial charge on any atom is 0.412 e. The van der Waals surface area contributed by atoms with Crippen LogP contribution in [-0.2, 0) is 11.3 Å². The average molecular weight is 433 g/mol. The van der Waals surface area contributed by atoms with Crippen molar-refractivity contribution in [2.24, 2.45) is 10.9 Å². The van der Waals surface area contributed by atoms with Gasteiger partial charge in [0.1, 0.15) is 5.75 Å². The van der Waals surface area contributed by atoms with Gasteiger partial charge in [-0.25, -0.2) is 4.99 Å². The lowest BCUT2D eigenvalue weighted by molar-refractivity contribution is -0.143. The highest BCUT2D eigenvalue weighted by atomic mass is 19.4. The molecule has 31 heavy (non-hydrogen) atoms. The highest BCUT2D eigenvalue weighted by molar-refractivity contribution is 5.93. The number of hydrogen-bond donors (Lipinski definition) is 1. The quantitative estimate of drug-likeness (QED) is 0.758. The van der Waals surface area contributed by atoms with Crippen molar-refractivity contribution in [1.82, 2.24) is 4.90 Å². The Labute approximate surface area is 179 Å². The lowest BCUT2D eigenvalue weighted by Crippen LogP contribution is -2.37. The summed E-state index contributed by atoms with van der Waals surface area (Å²) in [7, 11) is 0. The first-order valence-electron chi connectivity index (χ1n) is 10.5. The topological polar surface area (TPSA) is 48.3 Å². The molecule has 0 bridgehead atoms. The van der Waals surface area contributed by atoms with Crippen LogP contribution < -0.4 is 4.90 Å². The number of piperidine rings is 1. The molecule has 1 unspecified atom stereocenters. The van der Waals surface area contributed by atoms with Crippen LogP contribution in [0.25, 0.3) is 0 Å². The molecule has 0 radical (unpaired) electrons. The predicted octanol–water partition coefficient (Wildman–Crippen LogP) is 4.43. The van der Waals surface area contributed by atoms with Gasteiger partial charge in [-0.1, -0.05) is 36.4 Å². The zero-order valence-corrected chi connectivity index (χ0v) is 17.1. The van der Waals surface area contributed by atoms with Gasteiger partial charge in [0.15, 0.2) is 6.04 Å². The zero-order valence-electron chi connectivity index (χ0n) is 17.1. The first-order valence-corrected chi connectivity index (χ1v) is 10.5. The van der Waals surface area contributed by atoms with Crippen molar-refractivity contribution >= 4 is 11.7 Å². The largest absolute Gasteiger partial charge is 0.508 e. The van der Waals surface area contributed by atoms with Gasteiger partial charge < -0.3 is 9.84 Å². The molecular weight excluding hydrogens is 407 g/mol. The van der Waals surface area contributed by atoms with Gasteiger partial charge in [0.2, 0.25) is 0 Å². The van der Waals surface area contributed by atoms with Gasteiger partial charge in [-0.05, 0) is 50.0 Å². The molecule has 2 heterocycles. The Morgan fingerprint density at radius 3 is 2.35 bits per heavy atom. The summed E-state index contributed by atoms with van der Waals surface area (Å²) < 4.78 is 45.6. The Kier molecular flexibility index (Phi) is 6.36. The second kappa shape index (κ2) is 9.18. The number of alkyl halides is 3. The molecule has 4 rings (SSSR count). The molecule has 0 spiro atoms. The Bertz CT molecular complexity index is 896. The van der Waals surface area contributed by atoms with Crippen molar-refractivity contribution in [1.29, 1.82) is 0 Å². The van der Waals surface area contributed by atoms with Crippen molar-refractivity contribution in [3.63, 3.8) is 0 Å². The summed E-state index contributed by atoms with van der Waals surface area (Å²) in [5.74, 6) is 0.554. The van der Waals surface area contributed by atoms with Crippen LogP contribution in [0, 0.1) is 5.92 Å². The molecule has 2 aromatic rings. The third-order valence-electron chi connectivity index (χ3n) is 5.84. The fraction of sp³-hybridized carbons (Fsp3) is 0.435. The van der Waals surface area contributed by atoms with Gasteiger partial charge in [0.25, 0.3) is 6.02 Å². The standard InChI is InChI=1S/C23H26F3N3O2/c24-23(25,26)21-15-29(19-7-2-1-3-8-19)22(27-21)31-16-17-10-12-28(13-11-17)14-18-6-4-5-9-20(18)30/h1-9,17,21,30H,10-16H2. The molecule has 0 aromatic heterocycles. The van der Waals surface area contributed by atoms with E-state index in [0.717, 1.165) is 31.5 Å². The van der Waals surface area contributed by atoms with Gasteiger partial charge in [0, 0.05) is 17.8 Å². The number of phenolic OH excluding ortho intramolecular Hbond substituents is 1. The number of anilines is 1. The molecule has 8 heteroatoms. The minimum Gasteiger partial charge on any atom is -0.508 e. The van der Waals surface area contributed by atoms with Crippen LogP contribution in [-0.4, -0.2) is 54.5 Å². The molecular formula is C23H26F3N3O2. The van der Waals surface area contributed by atoms with Crippen molar-refractivity contribution in [2.75, 3.05) is 31.1 Å². The summed E-state index contributed by atoms with van der Waals surface area (Å²) in [6.07, 6.45) is -2.63. The molecule has 2 aliphatic rings. The average Bonchev–Trinajstić information content (AvgIpc) is 3.20. The summed E-state index contributed by atoms with van der Waals surface area (Å²) in [6, 6.07) is 14.5. The van der Waals surface area contributed by atoms with E-state index in [0.29, 0.717) is 24.6 Å². The minimum atomic E-state index is -4.40. The fourth-order valence-electron chi connectivity index (χ4n) is 4.00. The molecule has 0 saturated carbocycles. The monoisotopic (exact) mass is 433 g/mol. The van der Waals surface area contributed by atoms with E-state index >= 15 is 0 Å². The predicted molar refractivity (Wildman–Crippen MR) is 113 cm³/mol. The van der Waals surface area contributed by atoms with E-state index in [1.54, 1.807) is 36.4 Å². The van der Waals surface area contributed by atoms with E-state index in [9.17, 15) is 18.3 Å². The van der Waals surface area contributed by atoms with E-state index in [1.165, 1.54) is 4.90 Å². The number of phenols is 1. The Balaban J connectivity index is 1.33.